The van der Waals surface area contributed by atoms with E-state index >= 15 is 0 Å². The van der Waals surface area contributed by atoms with Crippen LogP contribution < -0.4 is 5.32 Å². The third-order valence-corrected chi connectivity index (χ3v) is 5.55. The molecule has 116 valence electrons. The lowest BCUT2D eigenvalue weighted by Gasteiger charge is -2.44. The molecule has 0 bridgehead atoms. The normalized spacial score (nSPS) is 32.2. The molecule has 0 aromatic carbocycles. The molecule has 2 aliphatic carbocycles. The lowest BCUT2D eigenvalue weighted by molar-refractivity contribution is 0.0403. The molecule has 2 unspecified atom stereocenters. The first kappa shape index (κ1) is 14.8. The number of likely N-dealkylation sites (N-methyl/N-ethyl adjacent to an activating group) is 1. The fourth-order valence-corrected chi connectivity index (χ4v) is 3.78. The highest BCUT2D eigenvalue weighted by atomic mass is 16.3. The number of rotatable bonds is 7. The zero-order valence-electron chi connectivity index (χ0n) is 13.1. The van der Waals surface area contributed by atoms with Crippen molar-refractivity contribution >= 4 is 0 Å². The van der Waals surface area contributed by atoms with Gasteiger partial charge in [0.25, 0.3) is 0 Å². The second-order valence-corrected chi connectivity index (χ2v) is 7.28. The van der Waals surface area contributed by atoms with Crippen molar-refractivity contribution in [3.05, 3.63) is 0 Å². The molecule has 20 heavy (non-hydrogen) atoms. The van der Waals surface area contributed by atoms with E-state index in [9.17, 15) is 5.11 Å². The fourth-order valence-electron chi connectivity index (χ4n) is 3.78. The van der Waals surface area contributed by atoms with Crippen molar-refractivity contribution in [3.8, 4) is 0 Å². The van der Waals surface area contributed by atoms with Gasteiger partial charge in [0.2, 0.25) is 0 Å². The van der Waals surface area contributed by atoms with Gasteiger partial charge in [-0.1, -0.05) is 6.92 Å². The van der Waals surface area contributed by atoms with E-state index in [1.54, 1.807) is 0 Å². The molecule has 3 rings (SSSR count). The van der Waals surface area contributed by atoms with Crippen LogP contribution >= 0.6 is 0 Å². The minimum absolute atomic E-state index is 0.0185. The average molecular weight is 281 g/mol. The molecule has 2 saturated carbocycles. The number of aliphatic hydroxyl groups excluding tert-OH is 1. The zero-order chi connectivity index (χ0) is 14.2. The quantitative estimate of drug-likeness (QED) is 0.727. The van der Waals surface area contributed by atoms with Crippen LogP contribution in [0.3, 0.4) is 0 Å². The van der Waals surface area contributed by atoms with Gasteiger partial charge in [0.15, 0.2) is 0 Å². The summed E-state index contributed by atoms with van der Waals surface area (Å²) < 4.78 is 0. The second-order valence-electron chi connectivity index (χ2n) is 7.28. The van der Waals surface area contributed by atoms with Gasteiger partial charge in [-0.3, -0.25) is 4.90 Å². The van der Waals surface area contributed by atoms with E-state index in [-0.39, 0.29) is 5.54 Å². The first-order chi connectivity index (χ1) is 9.66. The molecule has 0 aromatic heterocycles. The summed E-state index contributed by atoms with van der Waals surface area (Å²) in [5, 5.41) is 13.9. The minimum Gasteiger partial charge on any atom is -0.394 e. The van der Waals surface area contributed by atoms with Gasteiger partial charge in [-0.25, -0.2) is 0 Å². The molecule has 3 fully saturated rings. The van der Waals surface area contributed by atoms with E-state index in [4.69, 9.17) is 0 Å². The van der Waals surface area contributed by atoms with Gasteiger partial charge >= 0.3 is 0 Å². The second kappa shape index (κ2) is 5.91. The summed E-state index contributed by atoms with van der Waals surface area (Å²) in [7, 11) is 2.24. The largest absolute Gasteiger partial charge is 0.394 e. The SMILES string of the molecule is CCC1CN(CC(CO)(NC2CC2)C2CC2)CCN1C. The van der Waals surface area contributed by atoms with Gasteiger partial charge < -0.3 is 15.3 Å². The Morgan fingerprint density at radius 3 is 2.50 bits per heavy atom. The van der Waals surface area contributed by atoms with Crippen LogP contribution in [-0.4, -0.2) is 72.4 Å². The summed E-state index contributed by atoms with van der Waals surface area (Å²) in [4.78, 5) is 5.08. The fraction of sp³-hybridized carbons (Fsp3) is 1.00. The van der Waals surface area contributed by atoms with Crippen molar-refractivity contribution in [1.29, 1.82) is 0 Å². The highest BCUT2D eigenvalue weighted by molar-refractivity contribution is 5.06. The maximum absolute atomic E-state index is 10.1. The standard InChI is InChI=1S/C16H31N3O/c1-3-15-10-19(9-8-18(15)2)11-16(12-20,13-4-5-13)17-14-6-7-14/h13-15,17,20H,3-12H2,1-2H3. The van der Waals surface area contributed by atoms with Crippen LogP contribution in [0, 0.1) is 5.92 Å². The van der Waals surface area contributed by atoms with Crippen LogP contribution in [-0.2, 0) is 0 Å². The zero-order valence-corrected chi connectivity index (χ0v) is 13.1. The average Bonchev–Trinajstić information content (AvgIpc) is 3.32. The molecule has 0 radical (unpaired) electrons. The van der Waals surface area contributed by atoms with Crippen LogP contribution in [0.5, 0.6) is 0 Å². The summed E-state index contributed by atoms with van der Waals surface area (Å²) in [5.74, 6) is 0.702. The van der Waals surface area contributed by atoms with E-state index in [0.717, 1.165) is 26.2 Å². The Morgan fingerprint density at radius 2 is 1.95 bits per heavy atom. The Bertz CT molecular complexity index is 330. The molecular weight excluding hydrogens is 250 g/mol. The molecule has 0 amide bonds. The van der Waals surface area contributed by atoms with Crippen LogP contribution in [0.15, 0.2) is 0 Å². The van der Waals surface area contributed by atoms with Gasteiger partial charge in [0.05, 0.1) is 12.1 Å². The Morgan fingerprint density at radius 1 is 1.20 bits per heavy atom. The summed E-state index contributed by atoms with van der Waals surface area (Å²) in [6.45, 7) is 7.09. The number of nitrogens with one attached hydrogen (secondary N) is 1. The van der Waals surface area contributed by atoms with Crippen LogP contribution in [0.1, 0.15) is 39.0 Å². The van der Waals surface area contributed by atoms with Crippen LogP contribution in [0.25, 0.3) is 0 Å². The minimum atomic E-state index is -0.0185. The highest BCUT2D eigenvalue weighted by Gasteiger charge is 2.48. The first-order valence-corrected chi connectivity index (χ1v) is 8.48. The number of aliphatic hydroxyl groups is 1. The van der Waals surface area contributed by atoms with Crippen molar-refractivity contribution in [2.24, 2.45) is 5.92 Å². The Kier molecular flexibility index (Phi) is 4.37. The lowest BCUT2D eigenvalue weighted by atomic mass is 9.92. The van der Waals surface area contributed by atoms with E-state index < -0.39 is 0 Å². The molecule has 0 aromatic rings. The number of nitrogens with zero attached hydrogens (tertiary/aromatic N) is 2. The molecule has 1 saturated heterocycles. The Balaban J connectivity index is 1.63. The van der Waals surface area contributed by atoms with Gasteiger partial charge in [0, 0.05) is 38.3 Å². The number of hydrogen-bond donors (Lipinski definition) is 2. The number of piperazine rings is 1. The molecule has 2 atom stereocenters. The molecule has 1 aliphatic heterocycles. The summed E-state index contributed by atoms with van der Waals surface area (Å²) >= 11 is 0. The monoisotopic (exact) mass is 281 g/mol. The van der Waals surface area contributed by atoms with Crippen LogP contribution in [0.4, 0.5) is 0 Å². The molecule has 4 nitrogen and oxygen atoms in total. The lowest BCUT2D eigenvalue weighted by Crippen LogP contribution is -2.62. The maximum Gasteiger partial charge on any atom is 0.0628 e. The predicted molar refractivity (Wildman–Crippen MR) is 81.8 cm³/mol. The summed E-state index contributed by atoms with van der Waals surface area (Å²) in [5.41, 5.74) is -0.0185. The smallest absolute Gasteiger partial charge is 0.0628 e. The van der Waals surface area contributed by atoms with Gasteiger partial charge in [-0.15, -0.1) is 0 Å². The van der Waals surface area contributed by atoms with E-state index in [1.165, 1.54) is 32.1 Å². The van der Waals surface area contributed by atoms with Gasteiger partial charge in [-0.2, -0.15) is 0 Å². The highest BCUT2D eigenvalue weighted by Crippen LogP contribution is 2.42. The Hall–Kier alpha value is -0.160. The third kappa shape index (κ3) is 3.19. The molecule has 4 heteroatoms. The Labute approximate surface area is 123 Å². The van der Waals surface area contributed by atoms with Gasteiger partial charge in [-0.05, 0) is 45.1 Å². The van der Waals surface area contributed by atoms with Crippen molar-refractivity contribution < 1.29 is 5.11 Å². The predicted octanol–water partition coefficient (Wildman–Crippen LogP) is 0.906. The van der Waals surface area contributed by atoms with Crippen molar-refractivity contribution in [2.75, 3.05) is 39.8 Å². The summed E-state index contributed by atoms with van der Waals surface area (Å²) in [6.07, 6.45) is 6.42. The van der Waals surface area contributed by atoms with Crippen molar-refractivity contribution in [3.63, 3.8) is 0 Å². The molecule has 2 N–H and O–H groups in total. The third-order valence-electron chi connectivity index (χ3n) is 5.55. The summed E-state index contributed by atoms with van der Waals surface area (Å²) in [6, 6.07) is 1.36. The van der Waals surface area contributed by atoms with Crippen molar-refractivity contribution in [2.45, 2.75) is 56.7 Å². The molecular formula is C16H31N3O. The molecule has 3 aliphatic rings. The van der Waals surface area contributed by atoms with Gasteiger partial charge in [0.1, 0.15) is 0 Å². The molecule has 1 heterocycles. The molecule has 0 spiro atoms. The maximum atomic E-state index is 10.1. The van der Waals surface area contributed by atoms with E-state index in [1.807, 2.05) is 0 Å². The number of hydrogen-bond acceptors (Lipinski definition) is 4. The first-order valence-electron chi connectivity index (χ1n) is 8.48. The van der Waals surface area contributed by atoms with E-state index in [0.29, 0.717) is 24.6 Å². The van der Waals surface area contributed by atoms with Crippen molar-refractivity contribution in [1.82, 2.24) is 15.1 Å². The van der Waals surface area contributed by atoms with E-state index in [2.05, 4.69) is 29.1 Å². The van der Waals surface area contributed by atoms with Crippen LogP contribution in [0.2, 0.25) is 0 Å². The topological polar surface area (TPSA) is 38.7 Å².